The summed E-state index contributed by atoms with van der Waals surface area (Å²) in [6.45, 7) is 2.23. The molecule has 1 aromatic carbocycles. The van der Waals surface area contributed by atoms with Gasteiger partial charge in [-0.05, 0) is 25.1 Å². The van der Waals surface area contributed by atoms with Gasteiger partial charge in [-0.25, -0.2) is 4.79 Å². The Hall–Kier alpha value is -1.28. The lowest BCUT2D eigenvalue weighted by Gasteiger charge is -2.12. The van der Waals surface area contributed by atoms with Crippen molar-refractivity contribution >= 4 is 27.6 Å². The first-order valence-electron chi connectivity index (χ1n) is 6.18. The first kappa shape index (κ1) is 17.8. The third-order valence-corrected chi connectivity index (χ3v) is 2.78. The van der Waals surface area contributed by atoms with Crippen LogP contribution in [0.5, 0.6) is 0 Å². The molecule has 0 amide bonds. The van der Waals surface area contributed by atoms with Crippen molar-refractivity contribution in [2.45, 2.75) is 13.1 Å². The molecule has 0 atom stereocenters. The molecule has 1 aromatic rings. The topological polar surface area (TPSA) is 47.6 Å². The highest BCUT2D eigenvalue weighted by atomic mass is 79.9. The van der Waals surface area contributed by atoms with E-state index in [0.29, 0.717) is 10.2 Å². The van der Waals surface area contributed by atoms with Crippen LogP contribution in [0.2, 0.25) is 0 Å². The highest BCUT2D eigenvalue weighted by Gasteiger charge is 2.31. The third kappa shape index (κ3) is 6.81. The van der Waals surface area contributed by atoms with Gasteiger partial charge in [0.1, 0.15) is 6.61 Å². The second-order valence-electron chi connectivity index (χ2n) is 4.01. The Labute approximate surface area is 128 Å². The smallest absolute Gasteiger partial charge is 0.416 e. The van der Waals surface area contributed by atoms with E-state index in [0.717, 1.165) is 12.1 Å². The third-order valence-electron chi connectivity index (χ3n) is 2.33. The molecule has 0 aromatic heterocycles. The maximum atomic E-state index is 12.6. The second-order valence-corrected chi connectivity index (χ2v) is 4.93. The van der Waals surface area contributed by atoms with Crippen LogP contribution < -0.4 is 5.32 Å². The summed E-state index contributed by atoms with van der Waals surface area (Å²) in [5.74, 6) is -0.473. The molecule has 1 N–H and O–H groups in total. The highest BCUT2D eigenvalue weighted by Crippen LogP contribution is 2.33. The van der Waals surface area contributed by atoms with Gasteiger partial charge >= 0.3 is 12.1 Å². The Kier molecular flexibility index (Phi) is 6.97. The van der Waals surface area contributed by atoms with Crippen molar-refractivity contribution in [2.24, 2.45) is 0 Å². The van der Waals surface area contributed by atoms with E-state index in [-0.39, 0.29) is 26.4 Å². The zero-order valence-corrected chi connectivity index (χ0v) is 12.9. The summed E-state index contributed by atoms with van der Waals surface area (Å²) in [6, 6.07) is 3.54. The number of anilines is 1. The SMILES string of the molecule is CCOC(=O)COCCNc1cc(Br)cc(C(F)(F)F)c1. The molecule has 0 aliphatic heterocycles. The van der Waals surface area contributed by atoms with Crippen LogP contribution >= 0.6 is 15.9 Å². The molecule has 8 heteroatoms. The van der Waals surface area contributed by atoms with Crippen LogP contribution in [0.25, 0.3) is 0 Å². The number of hydrogen-bond acceptors (Lipinski definition) is 4. The van der Waals surface area contributed by atoms with E-state index >= 15 is 0 Å². The van der Waals surface area contributed by atoms with Gasteiger partial charge < -0.3 is 14.8 Å². The number of esters is 1. The van der Waals surface area contributed by atoms with Crippen LogP contribution in [-0.4, -0.2) is 32.3 Å². The molecular weight excluding hydrogens is 355 g/mol. The fourth-order valence-electron chi connectivity index (χ4n) is 1.48. The van der Waals surface area contributed by atoms with Crippen LogP contribution in [0, 0.1) is 0 Å². The number of hydrogen-bond donors (Lipinski definition) is 1. The fraction of sp³-hybridized carbons (Fsp3) is 0.462. The molecule has 1 rings (SSSR count). The maximum Gasteiger partial charge on any atom is 0.416 e. The first-order chi connectivity index (χ1) is 9.82. The van der Waals surface area contributed by atoms with Crippen molar-refractivity contribution < 1.29 is 27.4 Å². The quantitative estimate of drug-likeness (QED) is 0.590. The van der Waals surface area contributed by atoms with Crippen molar-refractivity contribution in [3.8, 4) is 0 Å². The molecule has 0 heterocycles. The summed E-state index contributed by atoms with van der Waals surface area (Å²) in [7, 11) is 0. The highest BCUT2D eigenvalue weighted by molar-refractivity contribution is 9.10. The van der Waals surface area contributed by atoms with E-state index < -0.39 is 17.7 Å². The van der Waals surface area contributed by atoms with Crippen LogP contribution in [0.1, 0.15) is 12.5 Å². The molecule has 0 unspecified atom stereocenters. The Morgan fingerprint density at radius 3 is 2.67 bits per heavy atom. The van der Waals surface area contributed by atoms with Gasteiger partial charge in [0, 0.05) is 16.7 Å². The van der Waals surface area contributed by atoms with Gasteiger partial charge in [-0.1, -0.05) is 15.9 Å². The number of rotatable bonds is 7. The van der Waals surface area contributed by atoms with Crippen molar-refractivity contribution in [1.29, 1.82) is 0 Å². The van der Waals surface area contributed by atoms with Crippen LogP contribution in [0.15, 0.2) is 22.7 Å². The molecule has 118 valence electrons. The lowest BCUT2D eigenvalue weighted by Crippen LogP contribution is -2.17. The van der Waals surface area contributed by atoms with Gasteiger partial charge in [-0.15, -0.1) is 0 Å². The first-order valence-corrected chi connectivity index (χ1v) is 6.97. The normalized spacial score (nSPS) is 11.3. The van der Waals surface area contributed by atoms with Gasteiger partial charge in [0.15, 0.2) is 0 Å². The summed E-state index contributed by atoms with van der Waals surface area (Å²) in [5.41, 5.74) is -0.428. The van der Waals surface area contributed by atoms with Crippen molar-refractivity contribution in [2.75, 3.05) is 31.7 Å². The van der Waals surface area contributed by atoms with Crippen LogP contribution in [-0.2, 0) is 20.4 Å². The molecule has 0 aliphatic rings. The van der Waals surface area contributed by atoms with Gasteiger partial charge in [-0.2, -0.15) is 13.2 Å². The van der Waals surface area contributed by atoms with E-state index in [2.05, 4.69) is 26.0 Å². The van der Waals surface area contributed by atoms with E-state index in [1.807, 2.05) is 0 Å². The molecular formula is C13H15BrF3NO3. The Morgan fingerprint density at radius 1 is 1.33 bits per heavy atom. The molecule has 0 fully saturated rings. The molecule has 0 bridgehead atoms. The Bertz CT molecular complexity index is 480. The van der Waals surface area contributed by atoms with Gasteiger partial charge in [-0.3, -0.25) is 0 Å². The predicted molar refractivity (Wildman–Crippen MR) is 75.1 cm³/mol. The van der Waals surface area contributed by atoms with Crippen molar-refractivity contribution in [1.82, 2.24) is 0 Å². The minimum atomic E-state index is -4.40. The van der Waals surface area contributed by atoms with Gasteiger partial charge in [0.25, 0.3) is 0 Å². The van der Waals surface area contributed by atoms with Gasteiger partial charge in [0.2, 0.25) is 0 Å². The van der Waals surface area contributed by atoms with E-state index in [4.69, 9.17) is 4.74 Å². The summed E-state index contributed by atoms with van der Waals surface area (Å²) in [4.78, 5) is 11.0. The fourth-order valence-corrected chi connectivity index (χ4v) is 1.97. The summed E-state index contributed by atoms with van der Waals surface area (Å²) in [5, 5.41) is 2.80. The number of halogens is 4. The standard InChI is InChI=1S/C13H15BrF3NO3/c1-2-21-12(19)8-20-4-3-18-11-6-9(13(15,16)17)5-10(14)7-11/h5-7,18H,2-4,8H2,1H3. The number of nitrogens with one attached hydrogen (secondary N) is 1. The predicted octanol–water partition coefficient (Wildman–Crippen LogP) is 3.46. The van der Waals surface area contributed by atoms with E-state index in [1.165, 1.54) is 6.07 Å². The zero-order chi connectivity index (χ0) is 15.9. The molecule has 0 saturated heterocycles. The Balaban J connectivity index is 2.42. The van der Waals surface area contributed by atoms with Gasteiger partial charge in [0.05, 0.1) is 18.8 Å². The van der Waals surface area contributed by atoms with Crippen molar-refractivity contribution in [3.63, 3.8) is 0 Å². The zero-order valence-electron chi connectivity index (χ0n) is 11.3. The lowest BCUT2D eigenvalue weighted by atomic mass is 10.2. The average molecular weight is 370 g/mol. The van der Waals surface area contributed by atoms with Crippen LogP contribution in [0.3, 0.4) is 0 Å². The summed E-state index contributed by atoms with van der Waals surface area (Å²) < 4.78 is 47.9. The average Bonchev–Trinajstić information content (AvgIpc) is 2.37. The molecule has 0 saturated carbocycles. The number of carbonyl (C=O) groups excluding carboxylic acids is 1. The Morgan fingerprint density at radius 2 is 2.05 bits per heavy atom. The van der Waals surface area contributed by atoms with Crippen LogP contribution in [0.4, 0.5) is 18.9 Å². The number of alkyl halides is 3. The number of benzene rings is 1. The maximum absolute atomic E-state index is 12.6. The lowest BCUT2D eigenvalue weighted by molar-refractivity contribution is -0.148. The molecule has 0 spiro atoms. The number of ether oxygens (including phenoxy) is 2. The largest absolute Gasteiger partial charge is 0.464 e. The molecule has 4 nitrogen and oxygen atoms in total. The second kappa shape index (κ2) is 8.23. The minimum Gasteiger partial charge on any atom is -0.464 e. The van der Waals surface area contributed by atoms with E-state index in [1.54, 1.807) is 6.92 Å². The van der Waals surface area contributed by atoms with E-state index in [9.17, 15) is 18.0 Å². The summed E-state index contributed by atoms with van der Waals surface area (Å²) >= 11 is 3.03. The monoisotopic (exact) mass is 369 g/mol. The summed E-state index contributed by atoms with van der Waals surface area (Å²) in [6.07, 6.45) is -4.40. The minimum absolute atomic E-state index is 0.173. The molecule has 0 radical (unpaired) electrons. The molecule has 21 heavy (non-hydrogen) atoms. The number of carbonyl (C=O) groups is 1. The van der Waals surface area contributed by atoms with Crippen molar-refractivity contribution in [3.05, 3.63) is 28.2 Å². The molecule has 0 aliphatic carbocycles.